The van der Waals surface area contributed by atoms with Crippen LogP contribution in [0.5, 0.6) is 0 Å². The van der Waals surface area contributed by atoms with Gasteiger partial charge < -0.3 is 1.43 Å². The number of imide groups is 3. The predicted molar refractivity (Wildman–Crippen MR) is 278 cm³/mol. The molecule has 375 valence electrons. The van der Waals surface area contributed by atoms with Gasteiger partial charge >= 0.3 is 381 Å². The fraction of sp³-hybridized carbons (Fsp3) is 0.318. The van der Waals surface area contributed by atoms with Crippen molar-refractivity contribution in [2.75, 3.05) is 27.1 Å². The number of hydrogen-bond donors (Lipinski definition) is 3. The van der Waals surface area contributed by atoms with Gasteiger partial charge in [-0.1, -0.05) is 26.6 Å². The van der Waals surface area contributed by atoms with E-state index in [4.69, 9.17) is 33.9 Å². The van der Waals surface area contributed by atoms with Crippen LogP contribution in [-0.4, -0.2) is 116 Å². The monoisotopic (exact) mass is 1870 g/mol. The van der Waals surface area contributed by atoms with Crippen LogP contribution in [0.4, 0.5) is 14.4 Å². The smallest absolute Gasteiger partial charge is 1.00 e. The van der Waals surface area contributed by atoms with Crippen molar-refractivity contribution < 1.29 is 224 Å². The van der Waals surface area contributed by atoms with Crippen LogP contribution in [0.1, 0.15) is 54.8 Å². The first kappa shape index (κ1) is 90.6. The second-order valence-electron chi connectivity index (χ2n) is 12.6. The van der Waals surface area contributed by atoms with Gasteiger partial charge in [0.05, 0.1) is 5.75 Å². The maximum atomic E-state index is 11.9. The maximum absolute atomic E-state index is 11.9. The van der Waals surface area contributed by atoms with Gasteiger partial charge in [-0.05, 0) is 0 Å². The molecule has 3 aliphatic carbocycles. The van der Waals surface area contributed by atoms with Crippen LogP contribution in [0.3, 0.4) is 0 Å². The molecule has 0 aromatic carbocycles. The van der Waals surface area contributed by atoms with Crippen LogP contribution < -0.4 is 34.8 Å². The third kappa shape index (κ3) is 32.3. The molecule has 6 aliphatic rings. The van der Waals surface area contributed by atoms with E-state index in [2.05, 4.69) is 57.1 Å². The van der Waals surface area contributed by atoms with E-state index in [9.17, 15) is 33.6 Å². The van der Waals surface area contributed by atoms with Crippen molar-refractivity contribution in [2.45, 2.75) is 58.6 Å². The minimum Gasteiger partial charge on any atom is -1.00 e. The zero-order chi connectivity index (χ0) is 47.2. The van der Waals surface area contributed by atoms with E-state index < -0.39 is 0 Å². The number of ketones is 1. The Balaban J connectivity index is -0.000000105. The molecule has 3 heterocycles. The Labute approximate surface area is 586 Å². The third-order valence-corrected chi connectivity index (χ3v) is 16.5. The molecule has 0 bridgehead atoms. The van der Waals surface area contributed by atoms with Crippen molar-refractivity contribution in [3.63, 3.8) is 0 Å². The zero-order valence-electron chi connectivity index (χ0n) is 39.5. The van der Waals surface area contributed by atoms with E-state index in [1.54, 1.807) is 18.6 Å². The van der Waals surface area contributed by atoms with E-state index in [-0.39, 0.29) is 224 Å². The van der Waals surface area contributed by atoms with E-state index in [1.807, 2.05) is 12.5 Å². The van der Waals surface area contributed by atoms with Gasteiger partial charge in [0.2, 0.25) is 5.91 Å². The molecule has 13 radical (unpaired) electrons. The first-order valence-corrected chi connectivity index (χ1v) is 25.4. The van der Waals surface area contributed by atoms with Crippen molar-refractivity contribution >= 4 is 142 Å². The Morgan fingerprint density at radius 1 is 0.694 bits per heavy atom. The van der Waals surface area contributed by atoms with Gasteiger partial charge in [0.1, 0.15) is 0 Å². The summed E-state index contributed by atoms with van der Waals surface area (Å²) < 4.78 is 17.8. The van der Waals surface area contributed by atoms with Gasteiger partial charge in [-0.3, -0.25) is 14.9 Å². The number of allylic oxidation sites excluding steroid dienone is 7. The number of carbonyl (C=O) groups is 7. The molecule has 72 heavy (non-hydrogen) atoms. The average molecular weight is 1870 g/mol. The van der Waals surface area contributed by atoms with Crippen molar-refractivity contribution in [1.29, 1.82) is 0 Å². The van der Waals surface area contributed by atoms with Crippen LogP contribution in [0.15, 0.2) is 62.7 Å². The quantitative estimate of drug-likeness (QED) is 0.0847. The molecule has 6 amide bonds. The largest absolute Gasteiger partial charge is 1.00 e. The van der Waals surface area contributed by atoms with Crippen molar-refractivity contribution in [2.24, 2.45) is 5.92 Å². The normalized spacial score (nSPS) is 21.1. The second-order valence-corrected chi connectivity index (χ2v) is 20.2. The topological polar surface area (TPSA) is 183 Å². The molecule has 2 atom stereocenters. The van der Waals surface area contributed by atoms with Crippen molar-refractivity contribution in [3.05, 3.63) is 121 Å². The number of carbonyl (C=O) groups excluding carboxylic acids is 7. The molecule has 3 saturated heterocycles. The minimum atomic E-state index is -0.367. The van der Waals surface area contributed by atoms with Gasteiger partial charge in [-0.15, -0.1) is 24.0 Å². The SMILES string of the molecule is C.C.I.O=C1CSC(=O)N1.[B].[B].[B][B].[CH-]=C(C=C1C[CH-]C[CH-]/C(=C2/SC(=O)NC2=O)[C]1=[W])OC.[CH-]=C(C=C1C[CH-]C[CH-]C(=O)[C]1=[W])OC.[CH-]=C(C=C1C[CH-]C[CH-]C(C2SC(=O)NC2=O)[C]1=[W])OC.[H-].[Li+].[Y].[Y].[Y]. The Bertz CT molecular complexity index is 2070. The molecule has 0 spiro atoms. The summed E-state index contributed by atoms with van der Waals surface area (Å²) >= 11 is 6.70. The fourth-order valence-corrected chi connectivity index (χ4v) is 11.6. The summed E-state index contributed by atoms with van der Waals surface area (Å²) in [6, 6.07) is 0. The summed E-state index contributed by atoms with van der Waals surface area (Å²) in [7, 11) is 12.6. The van der Waals surface area contributed by atoms with Crippen LogP contribution in [0, 0.1) is 64.2 Å². The van der Waals surface area contributed by atoms with Gasteiger partial charge in [0.25, 0.3) is 5.24 Å². The van der Waals surface area contributed by atoms with Crippen LogP contribution >= 0.6 is 59.3 Å². The van der Waals surface area contributed by atoms with Crippen LogP contribution in [0.25, 0.3) is 0 Å². The molecule has 3 saturated carbocycles. The Morgan fingerprint density at radius 3 is 1.56 bits per heavy atom. The van der Waals surface area contributed by atoms with Crippen molar-refractivity contribution in [3.8, 4) is 0 Å². The summed E-state index contributed by atoms with van der Waals surface area (Å²) in [6.07, 6.45) is 22.0. The number of Topliss-reactive ketones (excluding diaryl/α,β-unsaturated/α-hetero) is 1. The van der Waals surface area contributed by atoms with Gasteiger partial charge in [0.15, 0.2) is 0 Å². The fourth-order valence-electron chi connectivity index (χ4n) is 5.42. The van der Waals surface area contributed by atoms with Crippen LogP contribution in [-0.2, 0) is 190 Å². The van der Waals surface area contributed by atoms with E-state index in [0.717, 1.165) is 108 Å². The van der Waals surface area contributed by atoms with E-state index >= 15 is 0 Å². The molecule has 28 heteroatoms. The molecular formula is C44H50B4ILiN3O10S3W3Y3-9. The standard InChI is InChI=1S/C14H14NO3S.C14H12NO3S.C11H11O2.C3H3NO2S.2CH4.B2.2B.HI.Li.3W.3Y.H/c2*1-9(18-2)7-10-5-3-4-6-11(8-10)12-13(16)15-14(17)19-12;1-9(13-2)7-10-5-3-4-6-11(12)8-10;5-2-1-7-3(6)4-2;;;1-2;;;;;;;;;;;/h1,3,6-7,11-12H,4-5H2,2H3,(H,15,16,17);1,3,6-7H,4-5H2,2H3,(H,15,16,17);1,3,6-7H,4-5H2,2H3;1H2,(H,4,5,6);2*1H4;;;;1H;;;;;;;;/q3*-3;;;;;;;;+1;;;;;;;-1/b;10-7?,12-11-;;;;;;;;;;;;;;;;. The number of nitrogens with one attached hydrogen (secondary N) is 3. The minimum absolute atomic E-state index is 0. The number of amides is 6. The van der Waals surface area contributed by atoms with Gasteiger partial charge in [-0.2, -0.15) is 0 Å². The molecule has 3 aliphatic heterocycles. The predicted octanol–water partition coefficient (Wildman–Crippen LogP) is 2.61. The number of thioether (sulfide) groups is 3. The summed E-state index contributed by atoms with van der Waals surface area (Å²) in [5.74, 6) is 0.695. The number of hydrogen-bond acceptors (Lipinski definition) is 13. The first-order chi connectivity index (χ1) is 30.0. The molecule has 2 unspecified atom stereocenters. The zero-order valence-corrected chi connectivity index (χ0v) is 60.6. The Morgan fingerprint density at radius 2 is 1.15 bits per heavy atom. The molecule has 3 N–H and O–H groups in total. The Kier molecular flexibility index (Phi) is 62.9. The van der Waals surface area contributed by atoms with Gasteiger partial charge in [0, 0.05) is 130 Å². The van der Waals surface area contributed by atoms with E-state index in [1.165, 1.54) is 79.4 Å². The molecular weight excluding hydrogens is 1820 g/mol. The van der Waals surface area contributed by atoms with Gasteiger partial charge in [-0.25, -0.2) is 0 Å². The molecule has 0 aromatic heterocycles. The Hall–Kier alpha value is 2.03. The molecule has 6 fully saturated rings. The number of methoxy groups -OCH3 is 3. The van der Waals surface area contributed by atoms with E-state index in [0.29, 0.717) is 27.9 Å². The molecule has 13 nitrogen and oxygen atoms in total. The molecule has 6 rings (SSSR count). The average Bonchev–Trinajstić information content (AvgIpc) is 3.80. The summed E-state index contributed by atoms with van der Waals surface area (Å²) in [6.45, 7) is 17.0. The summed E-state index contributed by atoms with van der Waals surface area (Å²) in [5, 5.41) is 5.55. The number of ether oxygens (including phenoxy) is 3. The summed E-state index contributed by atoms with van der Waals surface area (Å²) in [5.41, 5.74) is 3.89. The number of halogens is 1. The molecule has 0 aromatic rings. The summed E-state index contributed by atoms with van der Waals surface area (Å²) in [4.78, 5) is 78.5. The second kappa shape index (κ2) is 50.0. The maximum Gasteiger partial charge on any atom is 1.00 e. The third-order valence-electron chi connectivity index (χ3n) is 8.42. The number of rotatable bonds is 7. The van der Waals surface area contributed by atoms with Crippen molar-refractivity contribution in [1.82, 2.24) is 16.0 Å². The van der Waals surface area contributed by atoms with Crippen LogP contribution in [0.2, 0.25) is 0 Å². The first-order valence-electron chi connectivity index (χ1n) is 18.3.